The summed E-state index contributed by atoms with van der Waals surface area (Å²) in [6.45, 7) is 0.602. The summed E-state index contributed by atoms with van der Waals surface area (Å²) in [5.74, 6) is 0.449. The highest BCUT2D eigenvalue weighted by atomic mass is 32.1. The number of amides is 1. The number of hydrogen-bond donors (Lipinski definition) is 2. The Balaban J connectivity index is 1.83. The molecule has 0 aliphatic carbocycles. The van der Waals surface area contributed by atoms with Crippen LogP contribution in [0.3, 0.4) is 0 Å². The monoisotopic (exact) mass is 262 g/mol. The molecule has 5 nitrogen and oxygen atoms in total. The quantitative estimate of drug-likeness (QED) is 0.858. The first-order valence-corrected chi connectivity index (χ1v) is 6.54. The first kappa shape index (κ1) is 12.5. The second kappa shape index (κ2) is 6.11. The molecule has 94 valence electrons. The Morgan fingerprint density at radius 2 is 2.22 bits per heavy atom. The zero-order valence-electron chi connectivity index (χ0n) is 10.0. The maximum atomic E-state index is 11.7. The lowest BCUT2D eigenvalue weighted by atomic mass is 10.2. The topological polar surface area (TPSA) is 66.9 Å². The van der Waals surface area contributed by atoms with Crippen LogP contribution in [0.2, 0.25) is 0 Å². The zero-order chi connectivity index (χ0) is 12.8. The van der Waals surface area contributed by atoms with Crippen molar-refractivity contribution < 1.29 is 4.79 Å². The number of carbonyl (C=O) groups excluding carboxylic acids is 1. The number of nitrogens with one attached hydrogen (secondary N) is 2. The highest BCUT2D eigenvalue weighted by Crippen LogP contribution is 2.06. The first-order valence-electron chi connectivity index (χ1n) is 5.60. The minimum atomic E-state index is -0.194. The van der Waals surface area contributed by atoms with Crippen LogP contribution in [0.5, 0.6) is 0 Å². The van der Waals surface area contributed by atoms with E-state index in [1.807, 2.05) is 5.38 Å². The van der Waals surface area contributed by atoms with Gasteiger partial charge in [-0.1, -0.05) is 0 Å². The van der Waals surface area contributed by atoms with Gasteiger partial charge in [-0.15, -0.1) is 10.2 Å². The largest absolute Gasteiger partial charge is 0.372 e. The van der Waals surface area contributed by atoms with Gasteiger partial charge in [-0.3, -0.25) is 4.79 Å². The molecule has 0 saturated heterocycles. The Morgan fingerprint density at radius 1 is 1.33 bits per heavy atom. The molecule has 0 spiro atoms. The van der Waals surface area contributed by atoms with Gasteiger partial charge in [0.15, 0.2) is 5.69 Å². The summed E-state index contributed by atoms with van der Waals surface area (Å²) in [6, 6.07) is 5.43. The lowest BCUT2D eigenvalue weighted by Crippen LogP contribution is -2.26. The van der Waals surface area contributed by atoms with Gasteiger partial charge in [0.05, 0.1) is 0 Å². The van der Waals surface area contributed by atoms with E-state index in [1.54, 1.807) is 30.5 Å². The molecule has 2 aromatic heterocycles. The lowest BCUT2D eigenvalue weighted by Gasteiger charge is -2.04. The Bertz CT molecular complexity index is 495. The van der Waals surface area contributed by atoms with Gasteiger partial charge in [0.1, 0.15) is 5.82 Å². The van der Waals surface area contributed by atoms with Crippen molar-refractivity contribution in [3.63, 3.8) is 0 Å². The van der Waals surface area contributed by atoms with Crippen LogP contribution in [-0.4, -0.2) is 29.7 Å². The summed E-state index contributed by atoms with van der Waals surface area (Å²) < 4.78 is 0. The molecule has 0 aliphatic rings. The Hall–Kier alpha value is -1.95. The molecular weight excluding hydrogens is 248 g/mol. The van der Waals surface area contributed by atoms with Crippen LogP contribution in [0.1, 0.15) is 16.1 Å². The molecule has 2 heterocycles. The predicted octanol–water partition coefficient (Wildman–Crippen LogP) is 1.55. The van der Waals surface area contributed by atoms with Crippen LogP contribution in [0.15, 0.2) is 29.0 Å². The maximum absolute atomic E-state index is 11.7. The Labute approximate surface area is 109 Å². The van der Waals surface area contributed by atoms with E-state index in [0.29, 0.717) is 18.1 Å². The van der Waals surface area contributed by atoms with E-state index < -0.39 is 0 Å². The lowest BCUT2D eigenvalue weighted by molar-refractivity contribution is 0.0948. The normalized spacial score (nSPS) is 10.1. The molecule has 0 aliphatic heterocycles. The zero-order valence-corrected chi connectivity index (χ0v) is 10.8. The molecule has 0 aromatic carbocycles. The third-order valence-electron chi connectivity index (χ3n) is 2.43. The van der Waals surface area contributed by atoms with Gasteiger partial charge in [0.2, 0.25) is 0 Å². The molecule has 1 amide bonds. The van der Waals surface area contributed by atoms with Crippen molar-refractivity contribution in [1.29, 1.82) is 0 Å². The number of nitrogens with zero attached hydrogens (tertiary/aromatic N) is 2. The highest BCUT2D eigenvalue weighted by Gasteiger charge is 2.07. The van der Waals surface area contributed by atoms with Crippen LogP contribution < -0.4 is 10.6 Å². The van der Waals surface area contributed by atoms with E-state index in [1.165, 1.54) is 5.56 Å². The van der Waals surface area contributed by atoms with Gasteiger partial charge in [-0.05, 0) is 40.9 Å². The van der Waals surface area contributed by atoms with Crippen molar-refractivity contribution in [2.24, 2.45) is 0 Å². The molecule has 0 atom stereocenters. The van der Waals surface area contributed by atoms with Gasteiger partial charge in [0.25, 0.3) is 5.91 Å². The van der Waals surface area contributed by atoms with Gasteiger partial charge in [-0.25, -0.2) is 0 Å². The average Bonchev–Trinajstić information content (AvgIpc) is 2.92. The van der Waals surface area contributed by atoms with E-state index >= 15 is 0 Å². The van der Waals surface area contributed by atoms with Gasteiger partial charge in [-0.2, -0.15) is 11.3 Å². The summed E-state index contributed by atoms with van der Waals surface area (Å²) in [5.41, 5.74) is 1.57. The summed E-state index contributed by atoms with van der Waals surface area (Å²) in [6.07, 6.45) is 0.831. The predicted molar refractivity (Wildman–Crippen MR) is 71.9 cm³/mol. The number of hydrogen-bond acceptors (Lipinski definition) is 5. The smallest absolute Gasteiger partial charge is 0.271 e. The molecular formula is C12H14N4OS. The number of carbonyl (C=O) groups is 1. The number of anilines is 1. The third kappa shape index (κ3) is 3.27. The molecule has 0 unspecified atom stereocenters. The molecule has 18 heavy (non-hydrogen) atoms. The van der Waals surface area contributed by atoms with Gasteiger partial charge >= 0.3 is 0 Å². The van der Waals surface area contributed by atoms with E-state index in [9.17, 15) is 4.79 Å². The fourth-order valence-electron chi connectivity index (χ4n) is 1.43. The molecule has 2 N–H and O–H groups in total. The summed E-state index contributed by atoms with van der Waals surface area (Å²) in [4.78, 5) is 11.7. The van der Waals surface area contributed by atoms with Crippen LogP contribution >= 0.6 is 11.3 Å². The third-order valence-corrected chi connectivity index (χ3v) is 3.16. The van der Waals surface area contributed by atoms with Crippen molar-refractivity contribution in [3.8, 4) is 0 Å². The first-order chi connectivity index (χ1) is 8.79. The van der Waals surface area contributed by atoms with E-state index in [0.717, 1.165) is 6.42 Å². The standard InChI is InChI=1S/C12H14N4OS/c1-13-11-3-2-10(15-16-11)12(17)14-6-4-9-5-7-18-8-9/h2-3,5,7-8H,4,6H2,1H3,(H,13,16)(H,14,17). The Kier molecular flexibility index (Phi) is 4.25. The molecule has 6 heteroatoms. The van der Waals surface area contributed by atoms with Crippen LogP contribution in [0.4, 0.5) is 5.82 Å². The van der Waals surface area contributed by atoms with Gasteiger partial charge < -0.3 is 10.6 Å². The maximum Gasteiger partial charge on any atom is 0.271 e. The van der Waals surface area contributed by atoms with E-state index in [-0.39, 0.29) is 5.91 Å². The van der Waals surface area contributed by atoms with Gasteiger partial charge in [0, 0.05) is 13.6 Å². The fourth-order valence-corrected chi connectivity index (χ4v) is 2.14. The second-order valence-electron chi connectivity index (χ2n) is 3.69. The van der Waals surface area contributed by atoms with Crippen molar-refractivity contribution in [2.45, 2.75) is 6.42 Å². The summed E-state index contributed by atoms with van der Waals surface area (Å²) in [5, 5.41) is 17.5. The number of rotatable bonds is 5. The minimum absolute atomic E-state index is 0.194. The fraction of sp³-hybridized carbons (Fsp3) is 0.250. The van der Waals surface area contributed by atoms with Crippen molar-refractivity contribution in [1.82, 2.24) is 15.5 Å². The molecule has 0 radical (unpaired) electrons. The summed E-state index contributed by atoms with van der Waals surface area (Å²) >= 11 is 1.66. The SMILES string of the molecule is CNc1ccc(C(=O)NCCc2ccsc2)nn1. The van der Waals surface area contributed by atoms with Crippen molar-refractivity contribution in [2.75, 3.05) is 18.9 Å². The van der Waals surface area contributed by atoms with Crippen molar-refractivity contribution in [3.05, 3.63) is 40.2 Å². The van der Waals surface area contributed by atoms with Crippen LogP contribution in [0.25, 0.3) is 0 Å². The van der Waals surface area contributed by atoms with E-state index in [4.69, 9.17) is 0 Å². The molecule has 0 fully saturated rings. The molecule has 0 bridgehead atoms. The second-order valence-corrected chi connectivity index (χ2v) is 4.47. The minimum Gasteiger partial charge on any atom is -0.372 e. The van der Waals surface area contributed by atoms with Crippen LogP contribution in [-0.2, 0) is 6.42 Å². The van der Waals surface area contributed by atoms with Crippen molar-refractivity contribution >= 4 is 23.1 Å². The highest BCUT2D eigenvalue weighted by molar-refractivity contribution is 7.07. The Morgan fingerprint density at radius 3 is 2.83 bits per heavy atom. The van der Waals surface area contributed by atoms with Crippen LogP contribution in [0, 0.1) is 0 Å². The average molecular weight is 262 g/mol. The number of thiophene rings is 1. The van der Waals surface area contributed by atoms with E-state index in [2.05, 4.69) is 32.3 Å². The molecule has 2 rings (SSSR count). The summed E-state index contributed by atoms with van der Waals surface area (Å²) in [7, 11) is 1.75. The molecule has 2 aromatic rings. The number of aromatic nitrogens is 2. The molecule has 0 saturated carbocycles.